The number of carbonyl (C=O) groups is 1. The molecule has 0 radical (unpaired) electrons. The van der Waals surface area contributed by atoms with Crippen molar-refractivity contribution in [3.05, 3.63) is 24.0 Å². The third-order valence-corrected chi connectivity index (χ3v) is 2.38. The number of rotatable bonds is 5. The summed E-state index contributed by atoms with van der Waals surface area (Å²) >= 11 is 0. The van der Waals surface area contributed by atoms with Gasteiger partial charge >= 0.3 is 0 Å². The van der Waals surface area contributed by atoms with E-state index in [1.807, 2.05) is 0 Å². The number of pyridine rings is 1. The second kappa shape index (κ2) is 6.17. The first-order chi connectivity index (χ1) is 8.04. The van der Waals surface area contributed by atoms with Crippen molar-refractivity contribution in [2.45, 2.75) is 19.1 Å². The van der Waals surface area contributed by atoms with E-state index in [4.69, 9.17) is 5.73 Å². The number of carbonyl (C=O) groups excluding carboxylic acids is 1. The van der Waals surface area contributed by atoms with Crippen LogP contribution in [0.2, 0.25) is 0 Å². The molecule has 1 aromatic heterocycles. The molecule has 0 fully saturated rings. The molecule has 1 rings (SSSR count). The standard InChI is InChI=1S/C11H18N4O2/c1-7(16)9(12)6-15-8-3-4-14-10(5-8)11(17)13-2/h3-5,7,9,16H,6,12H2,1-2H3,(H,13,17)(H,14,15). The molecule has 5 N–H and O–H groups in total. The van der Waals surface area contributed by atoms with Gasteiger partial charge in [0.1, 0.15) is 5.69 Å². The number of hydrogen-bond acceptors (Lipinski definition) is 5. The molecule has 2 unspecified atom stereocenters. The molecule has 94 valence electrons. The fourth-order valence-electron chi connectivity index (χ4n) is 1.20. The Morgan fingerprint density at radius 3 is 2.94 bits per heavy atom. The van der Waals surface area contributed by atoms with Gasteiger partial charge in [-0.3, -0.25) is 9.78 Å². The lowest BCUT2D eigenvalue weighted by molar-refractivity contribution is 0.0958. The molecule has 2 atom stereocenters. The number of aliphatic hydroxyl groups is 1. The number of amides is 1. The number of nitrogens with one attached hydrogen (secondary N) is 2. The van der Waals surface area contributed by atoms with Crippen molar-refractivity contribution in [3.63, 3.8) is 0 Å². The summed E-state index contributed by atoms with van der Waals surface area (Å²) in [4.78, 5) is 15.3. The Hall–Kier alpha value is -1.66. The highest BCUT2D eigenvalue weighted by molar-refractivity contribution is 5.92. The lowest BCUT2D eigenvalue weighted by Gasteiger charge is -2.16. The zero-order chi connectivity index (χ0) is 12.8. The molecule has 0 aliphatic rings. The van der Waals surface area contributed by atoms with Gasteiger partial charge in [0.05, 0.1) is 6.10 Å². The minimum Gasteiger partial charge on any atom is -0.392 e. The molecule has 0 spiro atoms. The number of aliphatic hydroxyl groups excluding tert-OH is 1. The maximum atomic E-state index is 11.3. The lowest BCUT2D eigenvalue weighted by atomic mass is 10.2. The van der Waals surface area contributed by atoms with Crippen molar-refractivity contribution < 1.29 is 9.90 Å². The van der Waals surface area contributed by atoms with Crippen LogP contribution >= 0.6 is 0 Å². The molecular formula is C11H18N4O2. The van der Waals surface area contributed by atoms with Crippen LogP contribution in [0.25, 0.3) is 0 Å². The molecule has 0 saturated heterocycles. The van der Waals surface area contributed by atoms with E-state index in [1.54, 1.807) is 32.3 Å². The first-order valence-electron chi connectivity index (χ1n) is 5.40. The minimum atomic E-state index is -0.581. The number of nitrogens with zero attached hydrogens (tertiary/aromatic N) is 1. The zero-order valence-electron chi connectivity index (χ0n) is 9.97. The second-order valence-electron chi connectivity index (χ2n) is 3.79. The van der Waals surface area contributed by atoms with Crippen LogP contribution in [0.1, 0.15) is 17.4 Å². The van der Waals surface area contributed by atoms with Gasteiger partial charge in [0.25, 0.3) is 5.91 Å². The highest BCUT2D eigenvalue weighted by atomic mass is 16.3. The summed E-state index contributed by atoms with van der Waals surface area (Å²) < 4.78 is 0. The number of hydrogen-bond donors (Lipinski definition) is 4. The molecule has 6 nitrogen and oxygen atoms in total. The van der Waals surface area contributed by atoms with E-state index in [-0.39, 0.29) is 11.9 Å². The summed E-state index contributed by atoms with van der Waals surface area (Å²) in [5.74, 6) is -0.242. The smallest absolute Gasteiger partial charge is 0.269 e. The van der Waals surface area contributed by atoms with E-state index in [1.165, 1.54) is 0 Å². The van der Waals surface area contributed by atoms with Crippen molar-refractivity contribution in [1.82, 2.24) is 10.3 Å². The Bertz CT molecular complexity index is 381. The molecule has 1 heterocycles. The highest BCUT2D eigenvalue weighted by Gasteiger charge is 2.09. The Kier molecular flexibility index (Phi) is 4.86. The van der Waals surface area contributed by atoms with Crippen molar-refractivity contribution in [2.75, 3.05) is 18.9 Å². The monoisotopic (exact) mass is 238 g/mol. The maximum Gasteiger partial charge on any atom is 0.269 e. The van der Waals surface area contributed by atoms with Crippen LogP contribution in [0.5, 0.6) is 0 Å². The number of aromatic nitrogens is 1. The minimum absolute atomic E-state index is 0.242. The number of nitrogens with two attached hydrogens (primary N) is 1. The maximum absolute atomic E-state index is 11.3. The third kappa shape index (κ3) is 4.01. The molecule has 6 heteroatoms. The largest absolute Gasteiger partial charge is 0.392 e. The summed E-state index contributed by atoms with van der Waals surface area (Å²) in [5, 5.41) is 14.8. The van der Waals surface area contributed by atoms with Gasteiger partial charge < -0.3 is 21.5 Å². The van der Waals surface area contributed by atoms with E-state index in [9.17, 15) is 9.90 Å². The van der Waals surface area contributed by atoms with Crippen LogP contribution in [0.3, 0.4) is 0 Å². The van der Waals surface area contributed by atoms with Crippen molar-refractivity contribution >= 4 is 11.6 Å². The van der Waals surface area contributed by atoms with Crippen molar-refractivity contribution in [3.8, 4) is 0 Å². The van der Waals surface area contributed by atoms with E-state index >= 15 is 0 Å². The normalized spacial score (nSPS) is 13.9. The van der Waals surface area contributed by atoms with Gasteiger partial charge in [-0.25, -0.2) is 0 Å². The van der Waals surface area contributed by atoms with Crippen molar-refractivity contribution in [2.24, 2.45) is 5.73 Å². The predicted molar refractivity (Wildman–Crippen MR) is 65.8 cm³/mol. The van der Waals surface area contributed by atoms with E-state index in [2.05, 4.69) is 15.6 Å². The Morgan fingerprint density at radius 1 is 1.65 bits per heavy atom. The molecule has 1 amide bonds. The third-order valence-electron chi connectivity index (χ3n) is 2.38. The van der Waals surface area contributed by atoms with Crippen LogP contribution in [0, 0.1) is 0 Å². The topological polar surface area (TPSA) is 100 Å². The zero-order valence-corrected chi connectivity index (χ0v) is 9.97. The van der Waals surface area contributed by atoms with E-state index in [0.717, 1.165) is 5.69 Å². The van der Waals surface area contributed by atoms with Crippen LogP contribution in [-0.4, -0.2) is 41.7 Å². The molecule has 0 bridgehead atoms. The van der Waals surface area contributed by atoms with Crippen LogP contribution in [0.15, 0.2) is 18.3 Å². The average Bonchev–Trinajstić information content (AvgIpc) is 2.35. The van der Waals surface area contributed by atoms with Gasteiger partial charge in [0, 0.05) is 31.5 Å². The van der Waals surface area contributed by atoms with E-state index in [0.29, 0.717) is 12.2 Å². The molecule has 1 aromatic rings. The van der Waals surface area contributed by atoms with Gasteiger partial charge in [-0.2, -0.15) is 0 Å². The fourth-order valence-corrected chi connectivity index (χ4v) is 1.20. The SMILES string of the molecule is CNC(=O)c1cc(NCC(N)C(C)O)ccn1. The molecule has 0 aliphatic carbocycles. The second-order valence-corrected chi connectivity index (χ2v) is 3.79. The predicted octanol–water partition coefficient (Wildman–Crippen LogP) is -0.439. The van der Waals surface area contributed by atoms with Crippen LogP contribution in [-0.2, 0) is 0 Å². The van der Waals surface area contributed by atoms with E-state index < -0.39 is 6.10 Å². The Labute approximate surface area is 100 Å². The highest BCUT2D eigenvalue weighted by Crippen LogP contribution is 2.08. The first kappa shape index (κ1) is 13.4. The average molecular weight is 238 g/mol. The Morgan fingerprint density at radius 2 is 2.35 bits per heavy atom. The molecule has 17 heavy (non-hydrogen) atoms. The van der Waals surface area contributed by atoms with Crippen LogP contribution < -0.4 is 16.4 Å². The molecule has 0 aliphatic heterocycles. The lowest BCUT2D eigenvalue weighted by Crippen LogP contribution is -2.38. The van der Waals surface area contributed by atoms with Gasteiger partial charge in [-0.1, -0.05) is 0 Å². The number of anilines is 1. The van der Waals surface area contributed by atoms with Crippen molar-refractivity contribution in [1.29, 1.82) is 0 Å². The quantitative estimate of drug-likeness (QED) is 0.557. The summed E-state index contributed by atoms with van der Waals surface area (Å²) in [6, 6.07) is 3.01. The van der Waals surface area contributed by atoms with Gasteiger partial charge in [0.15, 0.2) is 0 Å². The van der Waals surface area contributed by atoms with Crippen LogP contribution in [0.4, 0.5) is 5.69 Å². The van der Waals surface area contributed by atoms with Gasteiger partial charge in [0.2, 0.25) is 0 Å². The summed E-state index contributed by atoms with van der Waals surface area (Å²) in [6.45, 7) is 2.06. The molecule has 0 saturated carbocycles. The fraction of sp³-hybridized carbons (Fsp3) is 0.455. The first-order valence-corrected chi connectivity index (χ1v) is 5.40. The van der Waals surface area contributed by atoms with Gasteiger partial charge in [-0.15, -0.1) is 0 Å². The Balaban J connectivity index is 2.63. The molecular weight excluding hydrogens is 220 g/mol. The molecule has 0 aromatic carbocycles. The van der Waals surface area contributed by atoms with Gasteiger partial charge in [-0.05, 0) is 19.1 Å². The summed E-state index contributed by atoms with van der Waals surface area (Å²) in [6.07, 6.45) is 0.962. The summed E-state index contributed by atoms with van der Waals surface area (Å²) in [5.41, 5.74) is 6.76. The summed E-state index contributed by atoms with van der Waals surface area (Å²) in [7, 11) is 1.55.